The van der Waals surface area contributed by atoms with Crippen molar-refractivity contribution in [3.05, 3.63) is 25.3 Å². The van der Waals surface area contributed by atoms with Gasteiger partial charge in [-0.25, -0.2) is 4.79 Å². The highest BCUT2D eigenvalue weighted by Crippen LogP contribution is 2.26. The summed E-state index contributed by atoms with van der Waals surface area (Å²) in [5.41, 5.74) is 0. The quantitative estimate of drug-likeness (QED) is 0.407. The average molecular weight is 226 g/mol. The third-order valence-corrected chi connectivity index (χ3v) is 2.28. The molecule has 0 spiro atoms. The molecule has 0 aromatic rings. The van der Waals surface area contributed by atoms with Crippen LogP contribution in [-0.2, 0) is 19.0 Å². The first-order valence-corrected chi connectivity index (χ1v) is 5.24. The molecule has 0 amide bonds. The summed E-state index contributed by atoms with van der Waals surface area (Å²) in [6.45, 7) is 11.1. The predicted molar refractivity (Wildman–Crippen MR) is 59.8 cm³/mol. The molecular formula is C12H18O4. The van der Waals surface area contributed by atoms with Crippen molar-refractivity contribution >= 4 is 5.97 Å². The summed E-state index contributed by atoms with van der Waals surface area (Å²) < 4.78 is 16.2. The van der Waals surface area contributed by atoms with Gasteiger partial charge in [-0.2, -0.15) is 0 Å². The third-order valence-electron chi connectivity index (χ3n) is 2.28. The van der Waals surface area contributed by atoms with Gasteiger partial charge in [0.05, 0.1) is 6.61 Å². The predicted octanol–water partition coefficient (Wildman–Crippen LogP) is 1.81. The van der Waals surface area contributed by atoms with Gasteiger partial charge in [-0.1, -0.05) is 12.7 Å². The molecule has 4 nitrogen and oxygen atoms in total. The molecule has 1 fully saturated rings. The Morgan fingerprint density at radius 3 is 2.75 bits per heavy atom. The van der Waals surface area contributed by atoms with Crippen molar-refractivity contribution in [2.75, 3.05) is 6.61 Å². The summed E-state index contributed by atoms with van der Waals surface area (Å²) in [7, 11) is 0. The molecule has 4 heteroatoms. The van der Waals surface area contributed by atoms with E-state index in [2.05, 4.69) is 13.2 Å². The van der Waals surface area contributed by atoms with E-state index in [4.69, 9.17) is 14.2 Å². The van der Waals surface area contributed by atoms with Gasteiger partial charge in [0.1, 0.15) is 12.2 Å². The van der Waals surface area contributed by atoms with Gasteiger partial charge < -0.3 is 14.2 Å². The highest BCUT2D eigenvalue weighted by molar-refractivity contribution is 5.81. The Morgan fingerprint density at radius 2 is 2.31 bits per heavy atom. The summed E-state index contributed by atoms with van der Waals surface area (Å²) in [6.07, 6.45) is 2.73. The Bertz CT molecular complexity index is 283. The third kappa shape index (κ3) is 3.47. The van der Waals surface area contributed by atoms with E-state index in [-0.39, 0.29) is 12.2 Å². The van der Waals surface area contributed by atoms with Gasteiger partial charge in [-0.05, 0) is 13.8 Å². The smallest absolute Gasteiger partial charge is 0.330 e. The molecule has 90 valence electrons. The monoisotopic (exact) mass is 226 g/mol. The van der Waals surface area contributed by atoms with Gasteiger partial charge >= 0.3 is 5.97 Å². The van der Waals surface area contributed by atoms with E-state index in [0.717, 1.165) is 6.08 Å². The van der Waals surface area contributed by atoms with Gasteiger partial charge in [0.15, 0.2) is 5.79 Å². The van der Waals surface area contributed by atoms with Crippen molar-refractivity contribution in [1.82, 2.24) is 0 Å². The molecule has 0 saturated carbocycles. The second kappa shape index (κ2) is 5.27. The normalized spacial score (nSPS) is 24.8. The van der Waals surface area contributed by atoms with E-state index in [1.54, 1.807) is 6.08 Å². The molecular weight excluding hydrogens is 208 g/mol. The van der Waals surface area contributed by atoms with Gasteiger partial charge in [-0.15, -0.1) is 6.58 Å². The first-order chi connectivity index (χ1) is 7.48. The van der Waals surface area contributed by atoms with Crippen LogP contribution in [0.25, 0.3) is 0 Å². The molecule has 0 N–H and O–H groups in total. The molecule has 2 atom stereocenters. The molecule has 0 unspecified atom stereocenters. The lowest BCUT2D eigenvalue weighted by atomic mass is 10.1. The molecule has 1 aliphatic rings. The fraction of sp³-hybridized carbons (Fsp3) is 0.583. The summed E-state index contributed by atoms with van der Waals surface area (Å²) in [4.78, 5) is 11.1. The number of rotatable bonds is 5. The highest BCUT2D eigenvalue weighted by atomic mass is 16.7. The molecule has 0 aromatic heterocycles. The van der Waals surface area contributed by atoms with E-state index in [9.17, 15) is 4.79 Å². The Hall–Kier alpha value is -1.13. The van der Waals surface area contributed by atoms with Crippen LogP contribution in [0.5, 0.6) is 0 Å². The SMILES string of the molecule is C=CC[C@H](OC(=O)C=C)[C@H]1COC(C)(C)O1. The summed E-state index contributed by atoms with van der Waals surface area (Å²) >= 11 is 0. The molecule has 0 aliphatic carbocycles. The number of carbonyl (C=O) groups excluding carboxylic acids is 1. The van der Waals surface area contributed by atoms with Crippen LogP contribution in [0.4, 0.5) is 0 Å². The number of hydrogen-bond acceptors (Lipinski definition) is 4. The van der Waals surface area contributed by atoms with Crippen LogP contribution < -0.4 is 0 Å². The molecule has 1 saturated heterocycles. The zero-order valence-electron chi connectivity index (χ0n) is 9.77. The zero-order chi connectivity index (χ0) is 12.2. The maximum Gasteiger partial charge on any atom is 0.330 e. The lowest BCUT2D eigenvalue weighted by molar-refractivity contribution is -0.166. The molecule has 0 aromatic carbocycles. The zero-order valence-corrected chi connectivity index (χ0v) is 9.77. The first kappa shape index (κ1) is 12.9. The van der Waals surface area contributed by atoms with Gasteiger partial charge in [0, 0.05) is 12.5 Å². The van der Waals surface area contributed by atoms with Crippen LogP contribution in [0.1, 0.15) is 20.3 Å². The van der Waals surface area contributed by atoms with Gasteiger partial charge in [0.2, 0.25) is 0 Å². The standard InChI is InChI=1S/C12H18O4/c1-5-7-9(15-11(13)6-2)10-8-14-12(3,4)16-10/h5-6,9-10H,1-2,7-8H2,3-4H3/t9-,10+/m0/s1. The summed E-state index contributed by atoms with van der Waals surface area (Å²) in [5.74, 6) is -1.08. The highest BCUT2D eigenvalue weighted by Gasteiger charge is 2.38. The van der Waals surface area contributed by atoms with Crippen molar-refractivity contribution in [2.45, 2.75) is 38.3 Å². The summed E-state index contributed by atoms with van der Waals surface area (Å²) in [6, 6.07) is 0. The number of carbonyl (C=O) groups is 1. The van der Waals surface area contributed by atoms with Crippen molar-refractivity contribution in [1.29, 1.82) is 0 Å². The number of hydrogen-bond donors (Lipinski definition) is 0. The largest absolute Gasteiger partial charge is 0.456 e. The van der Waals surface area contributed by atoms with Crippen LogP contribution in [0, 0.1) is 0 Å². The fourth-order valence-corrected chi connectivity index (χ4v) is 1.54. The van der Waals surface area contributed by atoms with E-state index in [0.29, 0.717) is 13.0 Å². The average Bonchev–Trinajstić information content (AvgIpc) is 2.58. The molecule has 16 heavy (non-hydrogen) atoms. The van der Waals surface area contributed by atoms with E-state index in [1.807, 2.05) is 13.8 Å². The maximum atomic E-state index is 11.1. The topological polar surface area (TPSA) is 44.8 Å². The molecule has 1 heterocycles. The lowest BCUT2D eigenvalue weighted by Gasteiger charge is -2.22. The van der Waals surface area contributed by atoms with Crippen LogP contribution >= 0.6 is 0 Å². The van der Waals surface area contributed by atoms with Crippen molar-refractivity contribution in [3.8, 4) is 0 Å². The summed E-state index contributed by atoms with van der Waals surface area (Å²) in [5, 5.41) is 0. The Balaban J connectivity index is 2.60. The molecule has 0 radical (unpaired) electrons. The second-order valence-electron chi connectivity index (χ2n) is 4.07. The Morgan fingerprint density at radius 1 is 1.62 bits per heavy atom. The Labute approximate surface area is 95.9 Å². The van der Waals surface area contributed by atoms with E-state index >= 15 is 0 Å². The van der Waals surface area contributed by atoms with Crippen LogP contribution in [0.15, 0.2) is 25.3 Å². The minimum Gasteiger partial charge on any atom is -0.456 e. The first-order valence-electron chi connectivity index (χ1n) is 5.24. The minimum absolute atomic E-state index is 0.253. The molecule has 1 rings (SSSR count). The molecule has 1 aliphatic heterocycles. The Kier molecular flexibility index (Phi) is 4.26. The van der Waals surface area contributed by atoms with Crippen LogP contribution in [0.2, 0.25) is 0 Å². The van der Waals surface area contributed by atoms with E-state index in [1.165, 1.54) is 0 Å². The van der Waals surface area contributed by atoms with Gasteiger partial charge in [0.25, 0.3) is 0 Å². The van der Waals surface area contributed by atoms with Crippen molar-refractivity contribution < 1.29 is 19.0 Å². The number of esters is 1. The lowest BCUT2D eigenvalue weighted by Crippen LogP contribution is -2.34. The van der Waals surface area contributed by atoms with Crippen LogP contribution in [0.3, 0.4) is 0 Å². The van der Waals surface area contributed by atoms with Gasteiger partial charge in [-0.3, -0.25) is 0 Å². The molecule has 0 bridgehead atoms. The van der Waals surface area contributed by atoms with Crippen molar-refractivity contribution in [2.24, 2.45) is 0 Å². The van der Waals surface area contributed by atoms with Crippen molar-refractivity contribution in [3.63, 3.8) is 0 Å². The minimum atomic E-state index is -0.620. The van der Waals surface area contributed by atoms with E-state index < -0.39 is 11.8 Å². The fourth-order valence-electron chi connectivity index (χ4n) is 1.54. The van der Waals surface area contributed by atoms with Crippen LogP contribution in [-0.4, -0.2) is 30.6 Å². The second-order valence-corrected chi connectivity index (χ2v) is 4.07. The maximum absolute atomic E-state index is 11.1. The number of ether oxygens (including phenoxy) is 3.